The Morgan fingerprint density at radius 3 is 2.19 bits per heavy atom. The first kappa shape index (κ1) is 31.8. The van der Waals surface area contributed by atoms with Gasteiger partial charge in [0.2, 0.25) is 0 Å². The van der Waals surface area contributed by atoms with E-state index in [0.29, 0.717) is 12.0 Å². The molecule has 0 N–H and O–H groups in total. The summed E-state index contributed by atoms with van der Waals surface area (Å²) in [6.45, 7) is 25.4. The van der Waals surface area contributed by atoms with E-state index in [1.165, 1.54) is 31.2 Å². The molecule has 36 heavy (non-hydrogen) atoms. The zero-order valence-electron chi connectivity index (χ0n) is 25.2. The second kappa shape index (κ2) is 15.8. The van der Waals surface area contributed by atoms with Gasteiger partial charge in [-0.1, -0.05) is 117 Å². The van der Waals surface area contributed by atoms with Crippen molar-refractivity contribution in [2.45, 2.75) is 106 Å². The Bertz CT molecular complexity index is 887. The largest absolute Gasteiger partial charge is 0.496 e. The van der Waals surface area contributed by atoms with Crippen molar-refractivity contribution in [3.05, 3.63) is 71.8 Å². The fourth-order valence-corrected chi connectivity index (χ4v) is 5.80. The van der Waals surface area contributed by atoms with Crippen molar-refractivity contribution in [2.75, 3.05) is 13.7 Å². The number of hydrogen-bond acceptors (Lipinski definition) is 2. The van der Waals surface area contributed by atoms with E-state index in [2.05, 4.69) is 108 Å². The molecule has 1 aliphatic heterocycles. The van der Waals surface area contributed by atoms with Crippen LogP contribution in [0.3, 0.4) is 0 Å². The van der Waals surface area contributed by atoms with Crippen LogP contribution in [0.1, 0.15) is 104 Å². The molecule has 1 fully saturated rings. The number of piperidine rings is 1. The van der Waals surface area contributed by atoms with Gasteiger partial charge in [0.1, 0.15) is 5.75 Å². The zero-order valence-corrected chi connectivity index (χ0v) is 25.2. The molecule has 3 rings (SSSR count). The lowest BCUT2D eigenvalue weighted by Crippen LogP contribution is -2.52. The predicted molar refractivity (Wildman–Crippen MR) is 161 cm³/mol. The fourth-order valence-electron chi connectivity index (χ4n) is 5.80. The summed E-state index contributed by atoms with van der Waals surface area (Å²) in [6.07, 6.45) is 6.22. The molecular weight excluding hydrogens is 438 g/mol. The van der Waals surface area contributed by atoms with E-state index in [0.717, 1.165) is 41.5 Å². The first-order chi connectivity index (χ1) is 17.2. The van der Waals surface area contributed by atoms with Crippen molar-refractivity contribution in [2.24, 2.45) is 11.8 Å². The van der Waals surface area contributed by atoms with Gasteiger partial charge < -0.3 is 9.64 Å². The highest BCUT2D eigenvalue weighted by Crippen LogP contribution is 2.47. The summed E-state index contributed by atoms with van der Waals surface area (Å²) in [4.78, 5) is 2.52. The van der Waals surface area contributed by atoms with Crippen molar-refractivity contribution in [1.82, 2.24) is 4.90 Å². The average molecular weight is 494 g/mol. The predicted octanol–water partition coefficient (Wildman–Crippen LogP) is 9.91. The highest BCUT2D eigenvalue weighted by atomic mass is 16.5. The molecule has 2 aromatic rings. The van der Waals surface area contributed by atoms with E-state index in [1.54, 1.807) is 7.11 Å². The maximum absolute atomic E-state index is 5.54. The second-order valence-electron chi connectivity index (χ2n) is 10.5. The number of rotatable bonds is 8. The summed E-state index contributed by atoms with van der Waals surface area (Å²) in [5.41, 5.74) is 5.18. The van der Waals surface area contributed by atoms with Crippen molar-refractivity contribution >= 4 is 5.70 Å². The van der Waals surface area contributed by atoms with E-state index in [1.807, 2.05) is 13.8 Å². The minimum Gasteiger partial charge on any atom is -0.496 e. The van der Waals surface area contributed by atoms with E-state index in [4.69, 9.17) is 4.74 Å². The molecule has 0 amide bonds. The molecule has 1 saturated heterocycles. The minimum absolute atomic E-state index is 0.247. The third kappa shape index (κ3) is 7.89. The van der Waals surface area contributed by atoms with Crippen LogP contribution in [0.4, 0.5) is 0 Å². The third-order valence-corrected chi connectivity index (χ3v) is 7.82. The fraction of sp³-hybridized carbons (Fsp3) is 0.588. The van der Waals surface area contributed by atoms with Crippen LogP contribution in [0.25, 0.3) is 5.70 Å². The van der Waals surface area contributed by atoms with Gasteiger partial charge in [-0.25, -0.2) is 0 Å². The number of ether oxygens (including phenoxy) is 1. The Hall–Kier alpha value is -2.22. The lowest BCUT2D eigenvalue weighted by Gasteiger charge is -2.52. The van der Waals surface area contributed by atoms with Gasteiger partial charge in [-0.05, 0) is 55.7 Å². The van der Waals surface area contributed by atoms with Crippen LogP contribution in [-0.4, -0.2) is 24.6 Å². The maximum atomic E-state index is 5.54. The van der Waals surface area contributed by atoms with E-state index in [9.17, 15) is 0 Å². The Morgan fingerprint density at radius 2 is 1.72 bits per heavy atom. The van der Waals surface area contributed by atoms with Gasteiger partial charge in [0.15, 0.2) is 0 Å². The first-order valence-corrected chi connectivity index (χ1v) is 14.4. The molecule has 1 aliphatic rings. The summed E-state index contributed by atoms with van der Waals surface area (Å²) in [5.74, 6) is 2.44. The van der Waals surface area contributed by atoms with Gasteiger partial charge in [-0.15, -0.1) is 0 Å². The van der Waals surface area contributed by atoms with Crippen LogP contribution >= 0.6 is 0 Å². The highest BCUT2D eigenvalue weighted by molar-refractivity contribution is 5.64. The van der Waals surface area contributed by atoms with Crippen molar-refractivity contribution in [3.63, 3.8) is 0 Å². The number of benzene rings is 2. The van der Waals surface area contributed by atoms with Gasteiger partial charge >= 0.3 is 0 Å². The van der Waals surface area contributed by atoms with E-state index in [-0.39, 0.29) is 5.41 Å². The normalized spacial score (nSPS) is 21.1. The molecule has 1 heterocycles. The smallest absolute Gasteiger partial charge is 0.122 e. The van der Waals surface area contributed by atoms with Crippen LogP contribution in [0.5, 0.6) is 5.75 Å². The quantitative estimate of drug-likeness (QED) is 0.363. The summed E-state index contributed by atoms with van der Waals surface area (Å²) in [7, 11) is 1.74. The lowest BCUT2D eigenvalue weighted by molar-refractivity contribution is 0.0817. The Morgan fingerprint density at radius 1 is 1.08 bits per heavy atom. The topological polar surface area (TPSA) is 12.5 Å². The van der Waals surface area contributed by atoms with Crippen LogP contribution in [0, 0.1) is 18.8 Å². The number of aryl methyl sites for hydroxylation is 1. The molecule has 0 aromatic heterocycles. The molecule has 202 valence electrons. The molecule has 0 saturated carbocycles. The van der Waals surface area contributed by atoms with E-state index >= 15 is 0 Å². The molecule has 2 nitrogen and oxygen atoms in total. The molecule has 0 bridgehead atoms. The Kier molecular flexibility index (Phi) is 14.0. The minimum atomic E-state index is 0.247. The third-order valence-electron chi connectivity index (χ3n) is 7.82. The Labute approximate surface area is 224 Å². The van der Waals surface area contributed by atoms with Crippen molar-refractivity contribution < 1.29 is 4.74 Å². The lowest BCUT2D eigenvalue weighted by atomic mass is 9.61. The van der Waals surface area contributed by atoms with Crippen molar-refractivity contribution in [3.8, 4) is 5.75 Å². The molecule has 2 aromatic carbocycles. The zero-order chi connectivity index (χ0) is 27.3. The van der Waals surface area contributed by atoms with Crippen LogP contribution in [-0.2, 0) is 5.41 Å². The summed E-state index contributed by atoms with van der Waals surface area (Å²) < 4.78 is 5.54. The summed E-state index contributed by atoms with van der Waals surface area (Å²) >= 11 is 0. The van der Waals surface area contributed by atoms with Crippen LogP contribution in [0.2, 0.25) is 0 Å². The molecule has 0 aliphatic carbocycles. The first-order valence-electron chi connectivity index (χ1n) is 14.4. The molecule has 0 radical (unpaired) electrons. The van der Waals surface area contributed by atoms with Crippen molar-refractivity contribution in [1.29, 1.82) is 0 Å². The molecule has 0 spiro atoms. The second-order valence-corrected chi connectivity index (χ2v) is 10.5. The monoisotopic (exact) mass is 493 g/mol. The average Bonchev–Trinajstić information content (AvgIpc) is 2.90. The van der Waals surface area contributed by atoms with Gasteiger partial charge in [-0.2, -0.15) is 0 Å². The molecule has 2 heteroatoms. The standard InChI is InChI=1S/C26H35NO.C6H14.C2H6/c1-7-23-18-27(21(5)22-15-14-19(3)25(16-22)28-6)20(4)17-26(23,8-2)24-12-10-9-11-13-24;1-4-5-6(2)3;1-2/h9-16,20,23H,5,7-8,17-18H2,1-4,6H3;6H,4-5H2,1-3H3;1-2H3. The molecule has 3 atom stereocenters. The Balaban J connectivity index is 0.000000710. The number of likely N-dealkylation sites (tertiary alicyclic amines) is 1. The highest BCUT2D eigenvalue weighted by Gasteiger charge is 2.45. The van der Waals surface area contributed by atoms with Crippen LogP contribution in [0.15, 0.2) is 55.1 Å². The van der Waals surface area contributed by atoms with Crippen LogP contribution < -0.4 is 4.74 Å². The van der Waals surface area contributed by atoms with Gasteiger partial charge in [0.25, 0.3) is 0 Å². The molecular formula is C34H55NO. The van der Waals surface area contributed by atoms with E-state index < -0.39 is 0 Å². The maximum Gasteiger partial charge on any atom is 0.122 e. The van der Waals surface area contributed by atoms with Gasteiger partial charge in [0, 0.05) is 29.3 Å². The summed E-state index contributed by atoms with van der Waals surface area (Å²) in [5, 5.41) is 0. The number of hydrogen-bond donors (Lipinski definition) is 0. The number of methoxy groups -OCH3 is 1. The summed E-state index contributed by atoms with van der Waals surface area (Å²) in [6, 6.07) is 18.0. The molecule has 3 unspecified atom stereocenters. The SMILES string of the molecule is C=C(c1ccc(C)c(OC)c1)N1CC(CC)C(CC)(c2ccccc2)CC1C.CC.CCCC(C)C. The van der Waals surface area contributed by atoms with Gasteiger partial charge in [0.05, 0.1) is 7.11 Å². The number of nitrogens with zero attached hydrogens (tertiary/aromatic N) is 1. The van der Waals surface area contributed by atoms with Gasteiger partial charge in [-0.3, -0.25) is 0 Å².